The minimum Gasteiger partial charge on any atom is -0.467 e. The van der Waals surface area contributed by atoms with E-state index in [0.29, 0.717) is 0 Å². The van der Waals surface area contributed by atoms with Gasteiger partial charge in [-0.3, -0.25) is 4.68 Å². The first kappa shape index (κ1) is 13.9. The quantitative estimate of drug-likeness (QED) is 0.869. The highest BCUT2D eigenvalue weighted by Crippen LogP contribution is 2.23. The molecule has 0 aliphatic rings. The summed E-state index contributed by atoms with van der Waals surface area (Å²) in [6.45, 7) is 7.28. The van der Waals surface area contributed by atoms with E-state index in [4.69, 9.17) is 4.42 Å². The fourth-order valence-electron chi connectivity index (χ4n) is 2.38. The van der Waals surface area contributed by atoms with Crippen LogP contribution in [0.4, 0.5) is 0 Å². The summed E-state index contributed by atoms with van der Waals surface area (Å²) in [5, 5.41) is 7.97. The number of nitrogens with zero attached hydrogens (tertiary/aromatic N) is 2. The Labute approximate surface area is 114 Å². The minimum absolute atomic E-state index is 0.213. The number of hydrogen-bond donors (Lipinski definition) is 1. The number of aromatic nitrogens is 2. The second kappa shape index (κ2) is 6.06. The van der Waals surface area contributed by atoms with E-state index in [1.807, 2.05) is 24.7 Å². The van der Waals surface area contributed by atoms with Crippen molar-refractivity contribution in [1.82, 2.24) is 15.1 Å². The lowest BCUT2D eigenvalue weighted by Gasteiger charge is -2.17. The molecule has 4 heteroatoms. The number of nitrogens with one attached hydrogen (secondary N) is 1. The molecule has 104 valence electrons. The van der Waals surface area contributed by atoms with Gasteiger partial charge in [-0.15, -0.1) is 0 Å². The summed E-state index contributed by atoms with van der Waals surface area (Å²) in [7, 11) is 1.99. The Kier molecular flexibility index (Phi) is 4.43. The molecule has 0 aliphatic heterocycles. The summed E-state index contributed by atoms with van der Waals surface area (Å²) in [4.78, 5) is 0. The first-order valence-electron chi connectivity index (χ1n) is 6.88. The Morgan fingerprint density at radius 1 is 1.42 bits per heavy atom. The van der Waals surface area contributed by atoms with Crippen LogP contribution in [0.3, 0.4) is 0 Å². The fraction of sp³-hybridized carbons (Fsp3) is 0.533. The van der Waals surface area contributed by atoms with Gasteiger partial charge in [-0.1, -0.05) is 6.92 Å². The van der Waals surface area contributed by atoms with Gasteiger partial charge in [0.2, 0.25) is 0 Å². The Bertz CT molecular complexity index is 527. The minimum atomic E-state index is 0.213. The predicted molar refractivity (Wildman–Crippen MR) is 76.1 cm³/mol. The van der Waals surface area contributed by atoms with Crippen LogP contribution in [0.15, 0.2) is 22.8 Å². The maximum atomic E-state index is 5.65. The van der Waals surface area contributed by atoms with Crippen LogP contribution in [-0.2, 0) is 13.5 Å². The zero-order chi connectivity index (χ0) is 13.8. The molecule has 2 aromatic heterocycles. The lowest BCUT2D eigenvalue weighted by atomic mass is 10.1. The molecule has 0 bridgehead atoms. The molecule has 0 amide bonds. The molecule has 0 spiro atoms. The van der Waals surface area contributed by atoms with Gasteiger partial charge in [-0.25, -0.2) is 0 Å². The van der Waals surface area contributed by atoms with Gasteiger partial charge in [0.05, 0.1) is 18.0 Å². The highest BCUT2D eigenvalue weighted by Gasteiger charge is 2.18. The lowest BCUT2D eigenvalue weighted by Crippen LogP contribution is -2.25. The predicted octanol–water partition coefficient (Wildman–Crippen LogP) is 2.91. The molecule has 1 unspecified atom stereocenters. The van der Waals surface area contributed by atoms with Gasteiger partial charge in [-0.05, 0) is 44.5 Å². The summed E-state index contributed by atoms with van der Waals surface area (Å²) in [5.41, 5.74) is 3.48. The third kappa shape index (κ3) is 3.26. The average Bonchev–Trinajstić information content (AvgIpc) is 2.91. The summed E-state index contributed by atoms with van der Waals surface area (Å²) in [6.07, 6.45) is 3.77. The summed E-state index contributed by atoms with van der Waals surface area (Å²) < 4.78 is 7.60. The maximum absolute atomic E-state index is 5.65. The Hall–Kier alpha value is -1.55. The average molecular weight is 261 g/mol. The van der Waals surface area contributed by atoms with Gasteiger partial charge in [0.25, 0.3) is 0 Å². The summed E-state index contributed by atoms with van der Waals surface area (Å²) >= 11 is 0. The van der Waals surface area contributed by atoms with Gasteiger partial charge in [0.1, 0.15) is 5.76 Å². The van der Waals surface area contributed by atoms with Crippen molar-refractivity contribution in [3.63, 3.8) is 0 Å². The normalized spacial score (nSPS) is 12.8. The molecule has 0 fully saturated rings. The zero-order valence-corrected chi connectivity index (χ0v) is 12.2. The molecule has 1 N–H and O–H groups in total. The van der Waals surface area contributed by atoms with Crippen LogP contribution in [0.25, 0.3) is 0 Å². The van der Waals surface area contributed by atoms with Crippen molar-refractivity contribution in [3.05, 3.63) is 41.1 Å². The molecule has 0 aliphatic carbocycles. The second-order valence-corrected chi connectivity index (χ2v) is 5.08. The molecule has 2 aromatic rings. The van der Waals surface area contributed by atoms with Crippen molar-refractivity contribution in [2.75, 3.05) is 6.54 Å². The molecule has 1 atom stereocenters. The highest BCUT2D eigenvalue weighted by atomic mass is 16.3. The van der Waals surface area contributed by atoms with Crippen molar-refractivity contribution >= 4 is 0 Å². The summed E-state index contributed by atoms with van der Waals surface area (Å²) in [5.74, 6) is 1.03. The van der Waals surface area contributed by atoms with Crippen molar-refractivity contribution in [1.29, 1.82) is 0 Å². The second-order valence-electron chi connectivity index (χ2n) is 5.08. The smallest absolute Gasteiger partial charge is 0.123 e. The summed E-state index contributed by atoms with van der Waals surface area (Å²) in [6, 6.07) is 4.37. The third-order valence-corrected chi connectivity index (χ3v) is 3.37. The molecule has 4 nitrogen and oxygen atoms in total. The van der Waals surface area contributed by atoms with E-state index < -0.39 is 0 Å². The SMILES string of the molecule is CCCNC(Cc1cc(C)nn1C)c1occc1C. The number of rotatable bonds is 6. The maximum Gasteiger partial charge on any atom is 0.123 e. The van der Waals surface area contributed by atoms with Gasteiger partial charge >= 0.3 is 0 Å². The third-order valence-electron chi connectivity index (χ3n) is 3.37. The van der Waals surface area contributed by atoms with E-state index >= 15 is 0 Å². The van der Waals surface area contributed by atoms with Crippen LogP contribution >= 0.6 is 0 Å². The van der Waals surface area contributed by atoms with Gasteiger partial charge in [-0.2, -0.15) is 5.10 Å². The molecular formula is C15H23N3O. The van der Waals surface area contributed by atoms with Gasteiger partial charge < -0.3 is 9.73 Å². The van der Waals surface area contributed by atoms with Crippen molar-refractivity contribution < 1.29 is 4.42 Å². The molecule has 0 radical (unpaired) electrons. The van der Waals surface area contributed by atoms with Gasteiger partial charge in [0, 0.05) is 19.2 Å². The Morgan fingerprint density at radius 2 is 2.21 bits per heavy atom. The van der Waals surface area contributed by atoms with E-state index in [2.05, 4.69) is 30.3 Å². The monoisotopic (exact) mass is 261 g/mol. The number of aryl methyl sites for hydroxylation is 3. The molecule has 0 saturated heterocycles. The highest BCUT2D eigenvalue weighted by molar-refractivity contribution is 5.21. The Balaban J connectivity index is 2.19. The van der Waals surface area contributed by atoms with E-state index in [1.54, 1.807) is 6.26 Å². The van der Waals surface area contributed by atoms with E-state index in [-0.39, 0.29) is 6.04 Å². The molecular weight excluding hydrogens is 238 g/mol. The van der Waals surface area contributed by atoms with E-state index in [0.717, 1.165) is 30.8 Å². The lowest BCUT2D eigenvalue weighted by molar-refractivity contribution is 0.402. The van der Waals surface area contributed by atoms with Crippen LogP contribution in [0.1, 0.15) is 42.1 Å². The van der Waals surface area contributed by atoms with Crippen LogP contribution in [0, 0.1) is 13.8 Å². The van der Waals surface area contributed by atoms with Crippen LogP contribution in [-0.4, -0.2) is 16.3 Å². The molecule has 19 heavy (non-hydrogen) atoms. The topological polar surface area (TPSA) is 43.0 Å². The molecule has 0 aromatic carbocycles. The van der Waals surface area contributed by atoms with Crippen molar-refractivity contribution in [2.24, 2.45) is 7.05 Å². The van der Waals surface area contributed by atoms with Crippen LogP contribution in [0.5, 0.6) is 0 Å². The molecule has 2 rings (SSSR count). The van der Waals surface area contributed by atoms with Crippen molar-refractivity contribution in [2.45, 2.75) is 39.7 Å². The fourth-order valence-corrected chi connectivity index (χ4v) is 2.38. The molecule has 0 saturated carbocycles. The Morgan fingerprint density at radius 3 is 2.74 bits per heavy atom. The van der Waals surface area contributed by atoms with Crippen LogP contribution < -0.4 is 5.32 Å². The largest absolute Gasteiger partial charge is 0.467 e. The van der Waals surface area contributed by atoms with E-state index in [9.17, 15) is 0 Å². The zero-order valence-electron chi connectivity index (χ0n) is 12.2. The van der Waals surface area contributed by atoms with Crippen molar-refractivity contribution in [3.8, 4) is 0 Å². The number of furan rings is 1. The first-order chi connectivity index (χ1) is 9.11. The van der Waals surface area contributed by atoms with E-state index in [1.165, 1.54) is 11.3 Å². The molecule has 2 heterocycles. The number of hydrogen-bond acceptors (Lipinski definition) is 3. The first-order valence-corrected chi connectivity index (χ1v) is 6.88. The van der Waals surface area contributed by atoms with Crippen LogP contribution in [0.2, 0.25) is 0 Å². The standard InChI is InChI=1S/C15H23N3O/c1-5-7-16-14(15-11(2)6-8-19-15)10-13-9-12(3)17-18(13)4/h6,8-9,14,16H,5,7,10H2,1-4H3. The van der Waals surface area contributed by atoms with Gasteiger partial charge in [0.15, 0.2) is 0 Å².